The Morgan fingerprint density at radius 1 is 0.592 bits per heavy atom. The van der Waals surface area contributed by atoms with Crippen LogP contribution in [0.25, 0.3) is 22.2 Å². The maximum Gasteiger partial charge on any atom is 0.120 e. The molecule has 1 aliphatic heterocycles. The molecular weight excluding hydrogens is 604 g/mol. The molecule has 250 valence electrons. The number of likely N-dealkylation sites (tertiary alicyclic amines) is 1. The third kappa shape index (κ3) is 8.36. The average Bonchev–Trinajstić information content (AvgIpc) is 3.32. The van der Waals surface area contributed by atoms with E-state index in [9.17, 15) is 0 Å². The van der Waals surface area contributed by atoms with Crippen molar-refractivity contribution >= 4 is 10.9 Å². The van der Waals surface area contributed by atoms with E-state index in [1.165, 1.54) is 0 Å². The maximum absolute atomic E-state index is 8.68. The SMILES string of the molecule is [2H]C([2H])(Oc1ccc(Cn2c(-c3ccc(OCc4ccccc4)cc3)c(C)c3cc(OCc4ccccc4)ccc32)cc1)C([2H])([2H])N1CCCCCC1. The third-order valence-electron chi connectivity index (χ3n) is 9.16. The number of aromatic nitrogens is 1. The first-order valence-corrected chi connectivity index (χ1v) is 17.3. The van der Waals surface area contributed by atoms with Gasteiger partial charge in [-0.2, -0.15) is 0 Å². The lowest BCUT2D eigenvalue weighted by Crippen LogP contribution is -2.29. The van der Waals surface area contributed by atoms with Crippen molar-refractivity contribution in [1.82, 2.24) is 9.47 Å². The summed E-state index contributed by atoms with van der Waals surface area (Å²) in [4.78, 5) is 1.59. The third-order valence-corrected chi connectivity index (χ3v) is 9.16. The monoisotopic (exact) mass is 654 g/mol. The van der Waals surface area contributed by atoms with Crippen LogP contribution in [0.3, 0.4) is 0 Å². The van der Waals surface area contributed by atoms with Crippen molar-refractivity contribution in [3.63, 3.8) is 0 Å². The molecule has 49 heavy (non-hydrogen) atoms. The molecule has 0 amide bonds. The molecule has 7 rings (SSSR count). The molecule has 0 N–H and O–H groups in total. The number of rotatable bonds is 13. The van der Waals surface area contributed by atoms with Crippen molar-refractivity contribution in [3.8, 4) is 28.5 Å². The summed E-state index contributed by atoms with van der Waals surface area (Å²) >= 11 is 0. The van der Waals surface area contributed by atoms with Gasteiger partial charge in [-0.1, -0.05) is 85.6 Å². The Labute approximate surface area is 296 Å². The topological polar surface area (TPSA) is 35.9 Å². The van der Waals surface area contributed by atoms with Crippen LogP contribution in [0.5, 0.6) is 17.2 Å². The van der Waals surface area contributed by atoms with Crippen molar-refractivity contribution in [1.29, 1.82) is 0 Å². The fourth-order valence-electron chi connectivity index (χ4n) is 6.49. The molecule has 0 aliphatic carbocycles. The van der Waals surface area contributed by atoms with Crippen molar-refractivity contribution in [2.45, 2.75) is 52.4 Å². The first kappa shape index (κ1) is 27.9. The summed E-state index contributed by atoms with van der Waals surface area (Å²) in [5.74, 6) is 1.89. The minimum absolute atomic E-state index is 0.289. The van der Waals surface area contributed by atoms with E-state index in [1.54, 1.807) is 17.0 Å². The van der Waals surface area contributed by atoms with E-state index in [2.05, 4.69) is 60.0 Å². The van der Waals surface area contributed by atoms with Gasteiger partial charge in [-0.25, -0.2) is 0 Å². The fourth-order valence-corrected chi connectivity index (χ4v) is 6.49. The Balaban J connectivity index is 1.15. The van der Waals surface area contributed by atoms with Gasteiger partial charge in [0.05, 0.1) is 8.44 Å². The van der Waals surface area contributed by atoms with Gasteiger partial charge in [0, 0.05) is 26.7 Å². The Morgan fingerprint density at radius 3 is 1.82 bits per heavy atom. The summed E-state index contributed by atoms with van der Waals surface area (Å²) in [6.07, 6.45) is 3.78. The van der Waals surface area contributed by atoms with Gasteiger partial charge >= 0.3 is 0 Å². The second kappa shape index (κ2) is 15.9. The Kier molecular flexibility index (Phi) is 9.07. The standard InChI is InChI=1S/C44H46N2O3/c1-34-42-30-41(49-33-37-14-8-5-9-15-37)24-25-43(42)46(44(34)38-18-22-40(23-19-38)48-32-36-12-6-4-7-13-36)31-35-16-20-39(21-17-35)47-29-28-45-26-10-2-3-11-27-45/h4-9,12-25,30H,2-3,10-11,26-29,31-33H2,1H3/i28D2,29D2. The molecule has 0 spiro atoms. The average molecular weight is 655 g/mol. The molecule has 1 fully saturated rings. The zero-order valence-electron chi connectivity index (χ0n) is 32.1. The van der Waals surface area contributed by atoms with Crippen LogP contribution < -0.4 is 14.2 Å². The number of hydrogen-bond donors (Lipinski definition) is 0. The highest BCUT2D eigenvalue weighted by Gasteiger charge is 2.18. The molecule has 0 saturated carbocycles. The van der Waals surface area contributed by atoms with E-state index >= 15 is 0 Å². The van der Waals surface area contributed by atoms with Gasteiger partial charge in [-0.3, -0.25) is 4.90 Å². The van der Waals surface area contributed by atoms with Crippen LogP contribution >= 0.6 is 0 Å². The summed E-state index contributed by atoms with van der Waals surface area (Å²) in [6.45, 7) is -0.0822. The highest BCUT2D eigenvalue weighted by molar-refractivity contribution is 5.92. The molecule has 1 aliphatic rings. The zero-order valence-corrected chi connectivity index (χ0v) is 28.1. The number of ether oxygens (including phenoxy) is 3. The molecule has 0 bridgehead atoms. The van der Waals surface area contributed by atoms with Gasteiger partial charge in [-0.05, 0) is 115 Å². The molecule has 0 radical (unpaired) electrons. The molecule has 1 saturated heterocycles. The number of benzene rings is 5. The normalized spacial score (nSPS) is 15.4. The van der Waals surface area contributed by atoms with Crippen molar-refractivity contribution in [3.05, 3.63) is 150 Å². The van der Waals surface area contributed by atoms with Crippen LogP contribution in [0.2, 0.25) is 0 Å². The zero-order chi connectivity index (χ0) is 36.8. The Morgan fingerprint density at radius 2 is 1.16 bits per heavy atom. The van der Waals surface area contributed by atoms with E-state index in [1.807, 2.05) is 66.7 Å². The molecule has 5 aromatic carbocycles. The number of nitrogens with zero attached hydrogens (tertiary/aromatic N) is 2. The van der Waals surface area contributed by atoms with E-state index in [-0.39, 0.29) is 5.75 Å². The predicted octanol–water partition coefficient (Wildman–Crippen LogP) is 10.1. The van der Waals surface area contributed by atoms with Crippen LogP contribution in [0, 0.1) is 6.92 Å². The lowest BCUT2D eigenvalue weighted by molar-refractivity contribution is 0.214. The van der Waals surface area contributed by atoms with Crippen LogP contribution in [0.1, 0.15) is 53.4 Å². The molecule has 2 heterocycles. The van der Waals surface area contributed by atoms with Gasteiger partial charge < -0.3 is 18.8 Å². The summed E-state index contributed by atoms with van der Waals surface area (Å²) in [5, 5.41) is 1.10. The van der Waals surface area contributed by atoms with Gasteiger partial charge in [0.15, 0.2) is 0 Å². The van der Waals surface area contributed by atoms with Gasteiger partial charge in [0.1, 0.15) is 37.0 Å². The fraction of sp³-hybridized carbons (Fsp3) is 0.273. The summed E-state index contributed by atoms with van der Waals surface area (Å²) < 4.78 is 54.9. The molecule has 1 aromatic heterocycles. The first-order valence-electron chi connectivity index (χ1n) is 19.3. The maximum atomic E-state index is 8.68. The molecule has 5 heteroatoms. The quantitative estimate of drug-likeness (QED) is 0.124. The summed E-state index contributed by atoms with van der Waals surface area (Å²) in [7, 11) is 0. The van der Waals surface area contributed by atoms with Gasteiger partial charge in [0.25, 0.3) is 0 Å². The van der Waals surface area contributed by atoms with Gasteiger partial charge in [-0.15, -0.1) is 0 Å². The second-order valence-electron chi connectivity index (χ2n) is 12.7. The van der Waals surface area contributed by atoms with Crippen molar-refractivity contribution in [2.24, 2.45) is 0 Å². The summed E-state index contributed by atoms with van der Waals surface area (Å²) in [6, 6.07) is 42.1. The van der Waals surface area contributed by atoms with Crippen molar-refractivity contribution < 1.29 is 19.7 Å². The smallest absolute Gasteiger partial charge is 0.120 e. The molecule has 0 atom stereocenters. The van der Waals surface area contributed by atoms with Crippen LogP contribution in [0.4, 0.5) is 0 Å². The van der Waals surface area contributed by atoms with E-state index in [0.29, 0.717) is 32.8 Å². The minimum Gasteiger partial charge on any atom is -0.492 e. The van der Waals surface area contributed by atoms with E-state index < -0.39 is 13.1 Å². The molecule has 0 unspecified atom stereocenters. The van der Waals surface area contributed by atoms with Gasteiger partial charge in [0.2, 0.25) is 0 Å². The number of aryl methyl sites for hydroxylation is 1. The Hall–Kier alpha value is -5.00. The highest BCUT2D eigenvalue weighted by atomic mass is 16.5. The first-order chi connectivity index (χ1) is 25.7. The Bertz CT molecular complexity index is 2090. The van der Waals surface area contributed by atoms with Crippen LogP contribution in [0.15, 0.2) is 127 Å². The molecule has 6 aromatic rings. The number of hydrogen-bond acceptors (Lipinski definition) is 4. The lowest BCUT2D eigenvalue weighted by atomic mass is 10.1. The van der Waals surface area contributed by atoms with Crippen LogP contribution in [-0.2, 0) is 19.8 Å². The molecule has 5 nitrogen and oxygen atoms in total. The second-order valence-corrected chi connectivity index (χ2v) is 12.7. The molecular formula is C44H46N2O3. The largest absolute Gasteiger partial charge is 0.492 e. The van der Waals surface area contributed by atoms with E-state index in [4.69, 9.17) is 19.7 Å². The number of fused-ring (bicyclic) bond motifs is 1. The van der Waals surface area contributed by atoms with Crippen LogP contribution in [-0.4, -0.2) is 35.6 Å². The minimum atomic E-state index is -2.53. The summed E-state index contributed by atoms with van der Waals surface area (Å²) in [5.41, 5.74) is 7.55. The van der Waals surface area contributed by atoms with Crippen molar-refractivity contribution in [2.75, 3.05) is 26.1 Å². The van der Waals surface area contributed by atoms with E-state index in [0.717, 1.165) is 81.6 Å². The highest BCUT2D eigenvalue weighted by Crippen LogP contribution is 2.37. The lowest BCUT2D eigenvalue weighted by Gasteiger charge is -2.19. The predicted molar refractivity (Wildman–Crippen MR) is 200 cm³/mol.